The van der Waals surface area contributed by atoms with Gasteiger partial charge in [-0.3, -0.25) is 4.90 Å². The number of oxime groups is 1. The average Bonchev–Trinajstić information content (AvgIpc) is 3.18. The van der Waals surface area contributed by atoms with Crippen molar-refractivity contribution in [2.24, 2.45) is 22.9 Å². The number of unbranched alkanes of at least 4 members (excludes halogenated alkanes) is 2. The molecular formula is C42H57N3O9. The number of methoxy groups -OCH3 is 1. The molecule has 12 nitrogen and oxygen atoms in total. The van der Waals surface area contributed by atoms with Crippen LogP contribution < -0.4 is 14.8 Å². The minimum atomic E-state index is -1.40. The number of rotatable bonds is 19. The van der Waals surface area contributed by atoms with E-state index in [1.54, 1.807) is 17.0 Å². The van der Waals surface area contributed by atoms with Gasteiger partial charge in [-0.2, -0.15) is 0 Å². The summed E-state index contributed by atoms with van der Waals surface area (Å²) in [7, 11) is 1.37. The van der Waals surface area contributed by atoms with Gasteiger partial charge in [-0.05, 0) is 80.2 Å². The number of aliphatic hydroxyl groups excluding tert-OH is 2. The summed E-state index contributed by atoms with van der Waals surface area (Å²) in [5.41, 5.74) is 3.44. The monoisotopic (exact) mass is 747 g/mol. The standard InChI is InChI=1S/C42H57N3O9/c1-5-21-45(41(49)50-4)37-27-35(44-52-28-29-15-9-8-10-16-29)33-25-30(17-11-13-22-46)32(18-12-14-23-47)38-34-26-31(53-40(48)43-7-3)19-20-36(34)54-42(37,39(33)38)51-24-6-2/h6,8-10,15-16,19-20,25-26,30,32,37-39,46-47H,2,5,7,11-14,17-18,21-24,27-28H2,1,3-4H3,(H,43,48). The first-order chi connectivity index (χ1) is 26.3. The summed E-state index contributed by atoms with van der Waals surface area (Å²) >= 11 is 0. The van der Waals surface area contributed by atoms with Crippen LogP contribution in [-0.4, -0.2) is 84.9 Å². The zero-order valence-corrected chi connectivity index (χ0v) is 31.9. The SMILES string of the molecule is C=CCOC12Oc3ccc(OC(=O)NCC)cc3C3C(CCCCO)C(CCCCO)C=C(C(=NOCc4ccccc4)CC1N(CCC)C(=O)OC)C32. The number of hydrogen-bond donors (Lipinski definition) is 3. The third kappa shape index (κ3) is 9.10. The molecule has 0 saturated heterocycles. The Morgan fingerprint density at radius 1 is 1.07 bits per heavy atom. The van der Waals surface area contributed by atoms with E-state index in [9.17, 15) is 19.8 Å². The molecule has 0 radical (unpaired) electrons. The van der Waals surface area contributed by atoms with Crippen molar-refractivity contribution in [2.45, 2.75) is 89.6 Å². The molecule has 0 bridgehead atoms. The Balaban J connectivity index is 1.76. The van der Waals surface area contributed by atoms with E-state index in [1.807, 2.05) is 56.3 Å². The summed E-state index contributed by atoms with van der Waals surface area (Å²) < 4.78 is 25.2. The molecule has 2 amide bonds. The number of aliphatic hydroxyl groups is 2. The number of amides is 2. The Bertz CT molecular complexity index is 1620. The smallest absolute Gasteiger partial charge is 0.412 e. The number of nitrogens with zero attached hydrogens (tertiary/aromatic N) is 2. The predicted molar refractivity (Wildman–Crippen MR) is 205 cm³/mol. The van der Waals surface area contributed by atoms with Gasteiger partial charge in [-0.25, -0.2) is 9.59 Å². The van der Waals surface area contributed by atoms with Gasteiger partial charge in [0.25, 0.3) is 0 Å². The maximum atomic E-state index is 13.7. The van der Waals surface area contributed by atoms with Crippen molar-refractivity contribution >= 4 is 17.9 Å². The van der Waals surface area contributed by atoms with Gasteiger partial charge >= 0.3 is 12.2 Å². The van der Waals surface area contributed by atoms with Crippen molar-refractivity contribution in [3.8, 4) is 11.5 Å². The minimum Gasteiger partial charge on any atom is -0.459 e. The lowest BCUT2D eigenvalue weighted by molar-refractivity contribution is -0.255. The zero-order valence-electron chi connectivity index (χ0n) is 31.9. The number of hydrogen-bond acceptors (Lipinski definition) is 10. The average molecular weight is 748 g/mol. The second kappa shape index (κ2) is 19.8. The van der Waals surface area contributed by atoms with Gasteiger partial charge in [0.2, 0.25) is 5.79 Å². The van der Waals surface area contributed by atoms with Crippen LogP contribution in [0.1, 0.15) is 82.3 Å². The van der Waals surface area contributed by atoms with Gasteiger partial charge in [-0.1, -0.05) is 67.4 Å². The van der Waals surface area contributed by atoms with Gasteiger partial charge in [0, 0.05) is 44.2 Å². The Kier molecular flexibility index (Phi) is 15.0. The van der Waals surface area contributed by atoms with Gasteiger partial charge < -0.3 is 39.3 Å². The van der Waals surface area contributed by atoms with Gasteiger partial charge in [0.05, 0.1) is 25.3 Å². The van der Waals surface area contributed by atoms with Gasteiger partial charge in [-0.15, -0.1) is 6.58 Å². The minimum absolute atomic E-state index is 0.0288. The number of allylic oxidation sites excluding steroid dienone is 1. The Morgan fingerprint density at radius 3 is 2.52 bits per heavy atom. The lowest BCUT2D eigenvalue weighted by Crippen LogP contribution is -2.70. The maximum absolute atomic E-state index is 13.7. The Labute approximate surface area is 319 Å². The first-order valence-corrected chi connectivity index (χ1v) is 19.4. The summed E-state index contributed by atoms with van der Waals surface area (Å²) in [5.74, 6) is -1.10. The molecule has 54 heavy (non-hydrogen) atoms. The van der Waals surface area contributed by atoms with Crippen LogP contribution in [0.4, 0.5) is 9.59 Å². The van der Waals surface area contributed by atoms with E-state index in [1.165, 1.54) is 7.11 Å². The zero-order chi connectivity index (χ0) is 38.5. The summed E-state index contributed by atoms with van der Waals surface area (Å²) in [6.07, 6.45) is 8.34. The summed E-state index contributed by atoms with van der Waals surface area (Å²) in [6, 6.07) is 14.5. The van der Waals surface area contributed by atoms with Crippen LogP contribution in [0.3, 0.4) is 0 Å². The molecule has 0 aromatic heterocycles. The van der Waals surface area contributed by atoms with E-state index in [4.69, 9.17) is 28.9 Å². The van der Waals surface area contributed by atoms with E-state index in [0.717, 1.165) is 42.4 Å². The van der Waals surface area contributed by atoms with Crippen LogP contribution in [0.5, 0.6) is 11.5 Å². The lowest BCUT2D eigenvalue weighted by atomic mass is 9.55. The molecule has 1 aliphatic heterocycles. The fraction of sp³-hybridized carbons (Fsp3) is 0.548. The predicted octanol–water partition coefficient (Wildman–Crippen LogP) is 7.11. The lowest BCUT2D eigenvalue weighted by Gasteiger charge is -2.59. The maximum Gasteiger partial charge on any atom is 0.412 e. The van der Waals surface area contributed by atoms with Gasteiger partial charge in [0.1, 0.15) is 24.1 Å². The highest BCUT2D eigenvalue weighted by Gasteiger charge is 2.65. The molecule has 1 fully saturated rings. The van der Waals surface area contributed by atoms with Crippen LogP contribution in [0.15, 0.2) is 78.0 Å². The first-order valence-electron chi connectivity index (χ1n) is 19.4. The molecule has 2 aromatic rings. The van der Waals surface area contributed by atoms with Crippen LogP contribution in [0.2, 0.25) is 0 Å². The fourth-order valence-electron chi connectivity index (χ4n) is 8.49. The number of carbonyl (C=O) groups excluding carboxylic acids is 2. The van der Waals surface area contributed by atoms with E-state index >= 15 is 0 Å². The topological polar surface area (TPSA) is 148 Å². The summed E-state index contributed by atoms with van der Waals surface area (Å²) in [6.45, 7) is 9.18. The molecule has 6 unspecified atom stereocenters. The number of benzene rings is 2. The molecule has 2 aliphatic carbocycles. The summed E-state index contributed by atoms with van der Waals surface area (Å²) in [5, 5.41) is 27.2. The highest BCUT2D eigenvalue weighted by atomic mass is 16.7. The number of fused-ring (bicyclic) bond motifs is 2. The van der Waals surface area contributed by atoms with E-state index in [0.29, 0.717) is 49.6 Å². The molecule has 12 heteroatoms. The van der Waals surface area contributed by atoms with Crippen LogP contribution >= 0.6 is 0 Å². The third-order valence-electron chi connectivity index (χ3n) is 10.7. The van der Waals surface area contributed by atoms with Crippen LogP contribution in [-0.2, 0) is 20.9 Å². The largest absolute Gasteiger partial charge is 0.459 e. The van der Waals surface area contributed by atoms with Crippen LogP contribution in [0, 0.1) is 17.8 Å². The molecule has 0 spiro atoms. The second-order valence-corrected chi connectivity index (χ2v) is 14.1. The molecule has 294 valence electrons. The molecule has 1 saturated carbocycles. The van der Waals surface area contributed by atoms with E-state index in [2.05, 4.69) is 18.0 Å². The quantitative estimate of drug-likeness (QED) is 0.0777. The summed E-state index contributed by atoms with van der Waals surface area (Å²) in [4.78, 5) is 34.1. The Morgan fingerprint density at radius 2 is 1.83 bits per heavy atom. The molecule has 5 rings (SSSR count). The van der Waals surface area contributed by atoms with Gasteiger partial charge in [0.15, 0.2) is 0 Å². The van der Waals surface area contributed by atoms with Crippen molar-refractivity contribution in [3.63, 3.8) is 0 Å². The van der Waals surface area contributed by atoms with Crippen molar-refractivity contribution < 1.29 is 43.6 Å². The number of ether oxygens (including phenoxy) is 4. The first kappa shape index (κ1) is 40.8. The highest BCUT2D eigenvalue weighted by molar-refractivity contribution is 6.03. The molecule has 6 atom stereocenters. The van der Waals surface area contributed by atoms with E-state index in [-0.39, 0.29) is 50.6 Å². The van der Waals surface area contributed by atoms with Crippen LogP contribution in [0.25, 0.3) is 0 Å². The third-order valence-corrected chi connectivity index (χ3v) is 10.7. The van der Waals surface area contributed by atoms with E-state index < -0.39 is 29.9 Å². The molecular weight excluding hydrogens is 690 g/mol. The molecule has 1 heterocycles. The molecule has 3 N–H and O–H groups in total. The normalized spacial score (nSPS) is 24.6. The highest BCUT2D eigenvalue weighted by Crippen LogP contribution is 2.62. The van der Waals surface area contributed by atoms with Crippen molar-refractivity contribution in [2.75, 3.05) is 40.0 Å². The molecule has 2 aromatic carbocycles. The van der Waals surface area contributed by atoms with Crippen molar-refractivity contribution in [1.82, 2.24) is 10.2 Å². The van der Waals surface area contributed by atoms with Crippen molar-refractivity contribution in [1.29, 1.82) is 0 Å². The van der Waals surface area contributed by atoms with Crippen molar-refractivity contribution in [3.05, 3.63) is 84.0 Å². The number of carbonyl (C=O) groups is 2. The second-order valence-electron chi connectivity index (χ2n) is 14.1. The number of nitrogens with one attached hydrogen (secondary N) is 1. The fourth-order valence-corrected chi connectivity index (χ4v) is 8.49. The Hall–Kier alpha value is -4.39. The molecule has 3 aliphatic rings.